The first-order chi connectivity index (χ1) is 9.02. The van der Waals surface area contributed by atoms with Gasteiger partial charge in [-0.2, -0.15) is 0 Å². The smallest absolute Gasteiger partial charge is 0.254 e. The molecule has 1 aromatic carbocycles. The molecule has 19 heavy (non-hydrogen) atoms. The van der Waals surface area contributed by atoms with Crippen molar-refractivity contribution in [2.75, 3.05) is 7.05 Å². The van der Waals surface area contributed by atoms with Crippen LogP contribution in [0.1, 0.15) is 47.2 Å². The molecule has 104 valence electrons. The summed E-state index contributed by atoms with van der Waals surface area (Å²) in [7, 11) is 1.89. The number of carbonyl (C=O) groups is 1. The molecule has 0 spiro atoms. The minimum atomic E-state index is 0.101. The Kier molecular flexibility index (Phi) is 4.25. The number of benzene rings is 1. The summed E-state index contributed by atoms with van der Waals surface area (Å²) in [5, 5.41) is 0. The van der Waals surface area contributed by atoms with E-state index in [1.165, 1.54) is 12.8 Å². The van der Waals surface area contributed by atoms with Crippen molar-refractivity contribution in [1.82, 2.24) is 4.90 Å². The van der Waals surface area contributed by atoms with E-state index >= 15 is 0 Å². The van der Waals surface area contributed by atoms with Crippen LogP contribution in [0.15, 0.2) is 18.2 Å². The van der Waals surface area contributed by atoms with E-state index < -0.39 is 0 Å². The summed E-state index contributed by atoms with van der Waals surface area (Å²) in [5.41, 5.74) is 9.21. The van der Waals surface area contributed by atoms with Crippen molar-refractivity contribution in [3.63, 3.8) is 0 Å². The van der Waals surface area contributed by atoms with Crippen LogP contribution in [0.4, 0.5) is 0 Å². The van der Waals surface area contributed by atoms with Crippen molar-refractivity contribution >= 4 is 5.91 Å². The Morgan fingerprint density at radius 1 is 1.26 bits per heavy atom. The van der Waals surface area contributed by atoms with Crippen molar-refractivity contribution in [1.29, 1.82) is 0 Å². The monoisotopic (exact) mass is 260 g/mol. The van der Waals surface area contributed by atoms with E-state index in [0.29, 0.717) is 0 Å². The van der Waals surface area contributed by atoms with E-state index in [9.17, 15) is 4.79 Å². The molecular weight excluding hydrogens is 236 g/mol. The minimum Gasteiger partial charge on any atom is -0.337 e. The van der Waals surface area contributed by atoms with Gasteiger partial charge in [-0.05, 0) is 43.9 Å². The van der Waals surface area contributed by atoms with Crippen LogP contribution in [0.3, 0.4) is 0 Å². The predicted molar refractivity (Wildman–Crippen MR) is 78.2 cm³/mol. The number of nitrogens with two attached hydrogens (primary N) is 1. The van der Waals surface area contributed by atoms with Crippen LogP contribution in [-0.2, 0) is 0 Å². The maximum absolute atomic E-state index is 12.6. The second-order valence-corrected chi connectivity index (χ2v) is 5.68. The molecule has 2 N–H and O–H groups in total. The summed E-state index contributed by atoms with van der Waals surface area (Å²) >= 11 is 0. The lowest BCUT2D eigenvalue weighted by molar-refractivity contribution is 0.0671. The lowest BCUT2D eigenvalue weighted by atomic mass is 9.89. The molecule has 3 heteroatoms. The number of likely N-dealkylation sites (N-methyl/N-ethyl adjacent to an activating group) is 1. The number of aryl methyl sites for hydroxylation is 1. The normalized spacial score (nSPS) is 23.2. The first-order valence-corrected chi connectivity index (χ1v) is 7.11. The van der Waals surface area contributed by atoms with Gasteiger partial charge in [0, 0.05) is 24.7 Å². The average molecular weight is 260 g/mol. The number of hydrogen-bond donors (Lipinski definition) is 1. The molecule has 2 unspecified atom stereocenters. The van der Waals surface area contributed by atoms with E-state index in [1.54, 1.807) is 0 Å². The molecule has 0 aliphatic heterocycles. The van der Waals surface area contributed by atoms with Crippen LogP contribution < -0.4 is 5.73 Å². The first-order valence-electron chi connectivity index (χ1n) is 7.11. The van der Waals surface area contributed by atoms with E-state index in [0.717, 1.165) is 29.5 Å². The van der Waals surface area contributed by atoms with Gasteiger partial charge in [-0.3, -0.25) is 4.79 Å². The van der Waals surface area contributed by atoms with Gasteiger partial charge in [0.2, 0.25) is 0 Å². The van der Waals surface area contributed by atoms with Gasteiger partial charge in [0.15, 0.2) is 0 Å². The molecule has 2 atom stereocenters. The highest BCUT2D eigenvalue weighted by Gasteiger charge is 2.29. The highest BCUT2D eigenvalue weighted by atomic mass is 16.2. The Balaban J connectivity index is 2.21. The molecule has 0 aromatic heterocycles. The SMILES string of the molecule is Cc1cccc(C(=O)N(C)C2CCCCC2N)c1C. The van der Waals surface area contributed by atoms with E-state index in [2.05, 4.69) is 0 Å². The quantitative estimate of drug-likeness (QED) is 0.888. The molecule has 1 saturated carbocycles. The van der Waals surface area contributed by atoms with Gasteiger partial charge in [-0.25, -0.2) is 0 Å². The van der Waals surface area contributed by atoms with Crippen LogP contribution in [0, 0.1) is 13.8 Å². The van der Waals surface area contributed by atoms with Gasteiger partial charge in [-0.15, -0.1) is 0 Å². The summed E-state index contributed by atoms with van der Waals surface area (Å²) in [6, 6.07) is 6.20. The standard InChI is InChI=1S/C16H24N2O/c1-11-7-6-8-13(12(11)2)16(19)18(3)15-10-5-4-9-14(15)17/h6-8,14-15H,4-5,9-10,17H2,1-3H3. The first kappa shape index (κ1) is 14.1. The third kappa shape index (κ3) is 2.81. The van der Waals surface area contributed by atoms with Crippen LogP contribution in [0.25, 0.3) is 0 Å². The molecule has 0 heterocycles. The highest BCUT2D eigenvalue weighted by Crippen LogP contribution is 2.23. The molecule has 1 aromatic rings. The van der Waals surface area contributed by atoms with E-state index in [1.807, 2.05) is 44.0 Å². The summed E-state index contributed by atoms with van der Waals surface area (Å²) in [5.74, 6) is 0.101. The topological polar surface area (TPSA) is 46.3 Å². The molecule has 0 bridgehead atoms. The van der Waals surface area contributed by atoms with Crippen LogP contribution in [0.5, 0.6) is 0 Å². The molecular formula is C16H24N2O. The van der Waals surface area contributed by atoms with E-state index in [-0.39, 0.29) is 18.0 Å². The summed E-state index contributed by atoms with van der Waals surface area (Å²) in [6.45, 7) is 4.05. The minimum absolute atomic E-state index is 0.101. The second kappa shape index (κ2) is 5.74. The summed E-state index contributed by atoms with van der Waals surface area (Å²) in [6.07, 6.45) is 4.40. The fourth-order valence-corrected chi connectivity index (χ4v) is 2.94. The fraction of sp³-hybridized carbons (Fsp3) is 0.562. The lowest BCUT2D eigenvalue weighted by Gasteiger charge is -2.36. The zero-order chi connectivity index (χ0) is 14.0. The molecule has 0 saturated heterocycles. The van der Waals surface area contributed by atoms with Crippen molar-refractivity contribution in [3.05, 3.63) is 34.9 Å². The number of carbonyl (C=O) groups excluding carboxylic acids is 1. The molecule has 3 nitrogen and oxygen atoms in total. The van der Waals surface area contributed by atoms with Gasteiger partial charge in [0.05, 0.1) is 0 Å². The molecule has 1 fully saturated rings. The van der Waals surface area contributed by atoms with Crippen molar-refractivity contribution in [2.24, 2.45) is 5.73 Å². The van der Waals surface area contributed by atoms with E-state index in [4.69, 9.17) is 5.73 Å². The maximum atomic E-state index is 12.6. The van der Waals surface area contributed by atoms with Crippen LogP contribution in [0.2, 0.25) is 0 Å². The van der Waals surface area contributed by atoms with Crippen molar-refractivity contribution < 1.29 is 4.79 Å². The summed E-state index contributed by atoms with van der Waals surface area (Å²) < 4.78 is 0. The van der Waals surface area contributed by atoms with Crippen LogP contribution in [-0.4, -0.2) is 29.9 Å². The summed E-state index contributed by atoms with van der Waals surface area (Å²) in [4.78, 5) is 14.5. The number of rotatable bonds is 2. The van der Waals surface area contributed by atoms with Gasteiger partial charge < -0.3 is 10.6 Å². The van der Waals surface area contributed by atoms with Gasteiger partial charge in [0.1, 0.15) is 0 Å². The second-order valence-electron chi connectivity index (χ2n) is 5.68. The van der Waals surface area contributed by atoms with Gasteiger partial charge in [-0.1, -0.05) is 25.0 Å². The Bertz CT molecular complexity index is 470. The predicted octanol–water partition coefficient (Wildman–Crippen LogP) is 2.65. The average Bonchev–Trinajstić information content (AvgIpc) is 2.41. The number of amides is 1. The fourth-order valence-electron chi connectivity index (χ4n) is 2.94. The number of hydrogen-bond acceptors (Lipinski definition) is 2. The zero-order valence-corrected chi connectivity index (χ0v) is 12.1. The Morgan fingerprint density at radius 2 is 1.95 bits per heavy atom. The maximum Gasteiger partial charge on any atom is 0.254 e. The lowest BCUT2D eigenvalue weighted by Crippen LogP contribution is -2.50. The third-order valence-corrected chi connectivity index (χ3v) is 4.43. The zero-order valence-electron chi connectivity index (χ0n) is 12.1. The highest BCUT2D eigenvalue weighted by molar-refractivity contribution is 5.96. The van der Waals surface area contributed by atoms with Gasteiger partial charge in [0.25, 0.3) is 5.91 Å². The largest absolute Gasteiger partial charge is 0.337 e. The molecule has 0 radical (unpaired) electrons. The third-order valence-electron chi connectivity index (χ3n) is 4.43. The molecule has 2 rings (SSSR count). The molecule has 1 aliphatic carbocycles. The molecule has 1 aliphatic rings. The Hall–Kier alpha value is -1.35. The van der Waals surface area contributed by atoms with Gasteiger partial charge >= 0.3 is 0 Å². The van der Waals surface area contributed by atoms with Crippen LogP contribution >= 0.6 is 0 Å². The Labute approximate surface area is 115 Å². The Morgan fingerprint density at radius 3 is 2.63 bits per heavy atom. The van der Waals surface area contributed by atoms with Crippen molar-refractivity contribution in [3.8, 4) is 0 Å². The van der Waals surface area contributed by atoms with Crippen molar-refractivity contribution in [2.45, 2.75) is 51.6 Å². The molecule has 1 amide bonds. The number of nitrogens with zero attached hydrogens (tertiary/aromatic N) is 1.